The first-order valence-electron chi connectivity index (χ1n) is 10.2. The highest BCUT2D eigenvalue weighted by molar-refractivity contribution is 14.0. The highest BCUT2D eigenvalue weighted by Crippen LogP contribution is 2.34. The van der Waals surface area contributed by atoms with Crippen LogP contribution < -0.4 is 5.32 Å². The van der Waals surface area contributed by atoms with E-state index < -0.39 is 0 Å². The average Bonchev–Trinajstić information content (AvgIpc) is 3.47. The molecule has 2 aliphatic carbocycles. The lowest BCUT2D eigenvalue weighted by Crippen LogP contribution is -2.47. The highest BCUT2D eigenvalue weighted by Gasteiger charge is 2.33. The highest BCUT2D eigenvalue weighted by atomic mass is 127. The summed E-state index contributed by atoms with van der Waals surface area (Å²) in [5.41, 5.74) is 0. The maximum absolute atomic E-state index is 5.77. The van der Waals surface area contributed by atoms with Crippen molar-refractivity contribution in [2.75, 3.05) is 45.9 Å². The van der Waals surface area contributed by atoms with Gasteiger partial charge in [0.05, 0.1) is 12.6 Å². The molecule has 3 fully saturated rings. The van der Waals surface area contributed by atoms with Gasteiger partial charge in [-0.25, -0.2) is 0 Å². The maximum atomic E-state index is 5.77. The number of rotatable bonds is 9. The van der Waals surface area contributed by atoms with E-state index in [9.17, 15) is 0 Å². The third-order valence-corrected chi connectivity index (χ3v) is 5.38. The molecule has 5 nitrogen and oxygen atoms in total. The minimum Gasteiger partial charge on any atom is -0.378 e. The summed E-state index contributed by atoms with van der Waals surface area (Å²) in [5.74, 6) is 2.09. The zero-order valence-electron chi connectivity index (χ0n) is 16.1. The molecule has 0 bridgehead atoms. The van der Waals surface area contributed by atoms with E-state index in [0.29, 0.717) is 6.10 Å². The SMILES string of the molecule is CCNC(=NCCN(CC1CC1)C1CC1)N1CCC(OCC)CC1.I. The van der Waals surface area contributed by atoms with Gasteiger partial charge in [0, 0.05) is 45.4 Å². The molecular formula is C19H37IN4O. The second kappa shape index (κ2) is 10.9. The van der Waals surface area contributed by atoms with E-state index in [1.54, 1.807) is 0 Å². The van der Waals surface area contributed by atoms with Crippen molar-refractivity contribution in [1.82, 2.24) is 15.1 Å². The first kappa shape index (κ1) is 21.2. The van der Waals surface area contributed by atoms with E-state index in [1.165, 1.54) is 32.2 Å². The minimum absolute atomic E-state index is 0. The zero-order valence-corrected chi connectivity index (χ0v) is 18.4. The van der Waals surface area contributed by atoms with Crippen LogP contribution in [0.25, 0.3) is 0 Å². The Bertz CT molecular complexity index is 404. The number of halogens is 1. The van der Waals surface area contributed by atoms with Gasteiger partial charge >= 0.3 is 0 Å². The van der Waals surface area contributed by atoms with Crippen LogP contribution in [-0.2, 0) is 4.74 Å². The van der Waals surface area contributed by atoms with Crippen LogP contribution in [0.1, 0.15) is 52.4 Å². The van der Waals surface area contributed by atoms with Crippen LogP contribution in [0.4, 0.5) is 0 Å². The summed E-state index contributed by atoms with van der Waals surface area (Å²) in [7, 11) is 0. The number of hydrogen-bond donors (Lipinski definition) is 1. The summed E-state index contributed by atoms with van der Waals surface area (Å²) in [4.78, 5) is 10.1. The molecule has 2 saturated carbocycles. The Kier molecular flexibility index (Phi) is 9.27. The van der Waals surface area contributed by atoms with Gasteiger partial charge in [0.25, 0.3) is 0 Å². The number of ether oxygens (including phenoxy) is 1. The smallest absolute Gasteiger partial charge is 0.193 e. The summed E-state index contributed by atoms with van der Waals surface area (Å²) in [6, 6.07) is 0.866. The van der Waals surface area contributed by atoms with Gasteiger partial charge in [-0.2, -0.15) is 0 Å². The van der Waals surface area contributed by atoms with Crippen LogP contribution in [0.3, 0.4) is 0 Å². The van der Waals surface area contributed by atoms with Crippen LogP contribution in [0.5, 0.6) is 0 Å². The van der Waals surface area contributed by atoms with Gasteiger partial charge in [-0.05, 0) is 58.3 Å². The molecule has 0 radical (unpaired) electrons. The molecule has 1 N–H and O–H groups in total. The number of hydrogen-bond acceptors (Lipinski definition) is 3. The third kappa shape index (κ3) is 7.21. The molecule has 1 saturated heterocycles. The number of nitrogens with zero attached hydrogens (tertiary/aromatic N) is 3. The summed E-state index contributed by atoms with van der Waals surface area (Å²) < 4.78 is 5.77. The van der Waals surface area contributed by atoms with Crippen LogP contribution >= 0.6 is 24.0 Å². The fourth-order valence-corrected chi connectivity index (χ4v) is 3.67. The fourth-order valence-electron chi connectivity index (χ4n) is 3.67. The molecule has 0 atom stereocenters. The van der Waals surface area contributed by atoms with Crippen molar-refractivity contribution >= 4 is 29.9 Å². The largest absolute Gasteiger partial charge is 0.378 e. The van der Waals surface area contributed by atoms with Gasteiger partial charge in [-0.15, -0.1) is 24.0 Å². The molecule has 3 aliphatic rings. The molecular weight excluding hydrogens is 427 g/mol. The summed E-state index contributed by atoms with van der Waals surface area (Å²) >= 11 is 0. The van der Waals surface area contributed by atoms with Gasteiger partial charge in [-0.3, -0.25) is 9.89 Å². The number of guanidine groups is 1. The lowest BCUT2D eigenvalue weighted by atomic mass is 10.1. The molecule has 0 aromatic rings. The van der Waals surface area contributed by atoms with Crippen molar-refractivity contribution in [1.29, 1.82) is 0 Å². The van der Waals surface area contributed by atoms with E-state index in [4.69, 9.17) is 9.73 Å². The predicted molar refractivity (Wildman–Crippen MR) is 115 cm³/mol. The number of nitrogens with one attached hydrogen (secondary N) is 1. The molecule has 6 heteroatoms. The normalized spacial score (nSPS) is 22.2. The van der Waals surface area contributed by atoms with Gasteiger partial charge in [-0.1, -0.05) is 0 Å². The monoisotopic (exact) mass is 464 g/mol. The van der Waals surface area contributed by atoms with E-state index in [-0.39, 0.29) is 24.0 Å². The molecule has 1 heterocycles. The molecule has 3 rings (SSSR count). The van der Waals surface area contributed by atoms with Crippen LogP contribution in [0.2, 0.25) is 0 Å². The van der Waals surface area contributed by atoms with Crippen LogP contribution in [-0.4, -0.2) is 73.8 Å². The van der Waals surface area contributed by atoms with Crippen molar-refractivity contribution in [3.63, 3.8) is 0 Å². The second-order valence-electron chi connectivity index (χ2n) is 7.55. The quantitative estimate of drug-likeness (QED) is 0.324. The van der Waals surface area contributed by atoms with E-state index in [0.717, 1.165) is 70.1 Å². The van der Waals surface area contributed by atoms with Crippen molar-refractivity contribution in [2.24, 2.45) is 10.9 Å². The Balaban J connectivity index is 0.00000225. The maximum Gasteiger partial charge on any atom is 0.193 e. The Morgan fingerprint density at radius 3 is 2.40 bits per heavy atom. The standard InChI is InChI=1S/C19H36N4O.HI/c1-3-20-19(22-12-9-18(10-13-22)24-4-2)21-11-14-23(17-7-8-17)15-16-5-6-16;/h16-18H,3-15H2,1-2H3,(H,20,21);1H. The molecule has 0 unspecified atom stereocenters. The second-order valence-corrected chi connectivity index (χ2v) is 7.55. The van der Waals surface area contributed by atoms with E-state index in [1.807, 2.05) is 0 Å². The lowest BCUT2D eigenvalue weighted by molar-refractivity contribution is 0.0263. The molecule has 0 aromatic carbocycles. The van der Waals surface area contributed by atoms with E-state index in [2.05, 4.69) is 29.0 Å². The van der Waals surface area contributed by atoms with Gasteiger partial charge in [0.15, 0.2) is 5.96 Å². The third-order valence-electron chi connectivity index (χ3n) is 5.38. The summed E-state index contributed by atoms with van der Waals surface area (Å²) in [6.45, 7) is 11.5. The fraction of sp³-hybridized carbons (Fsp3) is 0.947. The van der Waals surface area contributed by atoms with Gasteiger partial charge < -0.3 is 15.0 Å². The Morgan fingerprint density at radius 2 is 1.84 bits per heavy atom. The Hall–Kier alpha value is -0.0800. The predicted octanol–water partition coefficient (Wildman–Crippen LogP) is 2.95. The van der Waals surface area contributed by atoms with Crippen LogP contribution in [0.15, 0.2) is 4.99 Å². The van der Waals surface area contributed by atoms with Gasteiger partial charge in [0.2, 0.25) is 0 Å². The van der Waals surface area contributed by atoms with E-state index >= 15 is 0 Å². The van der Waals surface area contributed by atoms with Crippen molar-refractivity contribution < 1.29 is 4.74 Å². The topological polar surface area (TPSA) is 40.1 Å². The minimum atomic E-state index is 0. The molecule has 1 aliphatic heterocycles. The molecule has 0 spiro atoms. The Morgan fingerprint density at radius 1 is 1.12 bits per heavy atom. The molecule has 0 amide bonds. The molecule has 146 valence electrons. The van der Waals surface area contributed by atoms with Crippen molar-refractivity contribution in [3.8, 4) is 0 Å². The van der Waals surface area contributed by atoms with Crippen molar-refractivity contribution in [3.05, 3.63) is 0 Å². The molecule has 0 aromatic heterocycles. The zero-order chi connectivity index (χ0) is 16.8. The van der Waals surface area contributed by atoms with Crippen molar-refractivity contribution in [2.45, 2.75) is 64.5 Å². The first-order valence-corrected chi connectivity index (χ1v) is 10.2. The number of aliphatic imine (C=N–C) groups is 1. The Labute approximate surface area is 171 Å². The number of piperidine rings is 1. The first-order chi connectivity index (χ1) is 11.8. The number of likely N-dealkylation sites (tertiary alicyclic amines) is 1. The summed E-state index contributed by atoms with van der Waals surface area (Å²) in [6.07, 6.45) is 8.39. The summed E-state index contributed by atoms with van der Waals surface area (Å²) in [5, 5.41) is 3.49. The lowest BCUT2D eigenvalue weighted by Gasteiger charge is -2.34. The van der Waals surface area contributed by atoms with Gasteiger partial charge in [0.1, 0.15) is 0 Å². The molecule has 25 heavy (non-hydrogen) atoms. The average molecular weight is 464 g/mol. The van der Waals surface area contributed by atoms with Crippen LogP contribution in [0, 0.1) is 5.92 Å².